The average molecular weight is 837 g/mol. The molecule has 1 fully saturated rings. The maximum absolute atomic E-state index is 14.5. The summed E-state index contributed by atoms with van der Waals surface area (Å²) in [6.07, 6.45) is 7.37. The van der Waals surface area contributed by atoms with E-state index in [0.717, 1.165) is 25.7 Å². The first-order chi connectivity index (χ1) is 28.3. The van der Waals surface area contributed by atoms with Gasteiger partial charge in [0.25, 0.3) is 17.6 Å². The minimum atomic E-state index is -2.02. The minimum Gasteiger partial charge on any atom is -0.507 e. The third kappa shape index (κ3) is 9.43. The van der Waals surface area contributed by atoms with Gasteiger partial charge in [0, 0.05) is 80.3 Å². The summed E-state index contributed by atoms with van der Waals surface area (Å²) < 4.78 is 29.9. The van der Waals surface area contributed by atoms with Gasteiger partial charge in [-0.05, 0) is 32.8 Å². The number of fused-ring (bicyclic) bond motifs is 14. The zero-order valence-electron chi connectivity index (χ0n) is 35.9. The van der Waals surface area contributed by atoms with Crippen molar-refractivity contribution < 1.29 is 63.3 Å². The Morgan fingerprint density at radius 2 is 1.60 bits per heavy atom. The number of ether oxygens (including phenoxy) is 5. The van der Waals surface area contributed by atoms with Gasteiger partial charge < -0.3 is 54.3 Å². The number of hydrogen-bond donors (Lipinski definition) is 5. The first-order valence-corrected chi connectivity index (χ1v) is 20.6. The molecule has 2 aromatic rings. The zero-order valence-corrected chi connectivity index (χ0v) is 35.9. The molecule has 0 spiro atoms. The quantitative estimate of drug-likeness (QED) is 0.178. The van der Waals surface area contributed by atoms with Crippen LogP contribution in [0.15, 0.2) is 42.2 Å². The first kappa shape index (κ1) is 46.0. The molecule has 4 aliphatic rings. The van der Waals surface area contributed by atoms with Crippen molar-refractivity contribution in [2.24, 2.45) is 23.7 Å². The number of carbonyl (C=O) groups is 4. The number of likely N-dealkylation sites (tertiary alicyclic amines) is 1. The lowest BCUT2D eigenvalue weighted by atomic mass is 9.78. The third-order valence-electron chi connectivity index (χ3n) is 12.1. The Kier molecular flexibility index (Phi) is 14.6. The zero-order chi connectivity index (χ0) is 44.2. The van der Waals surface area contributed by atoms with Crippen LogP contribution < -0.4 is 14.8 Å². The van der Waals surface area contributed by atoms with E-state index in [0.29, 0.717) is 13.1 Å². The molecule has 4 heterocycles. The Balaban J connectivity index is 1.66. The van der Waals surface area contributed by atoms with E-state index in [-0.39, 0.29) is 50.6 Å². The lowest BCUT2D eigenvalue weighted by Crippen LogP contribution is -2.46. The van der Waals surface area contributed by atoms with Crippen molar-refractivity contribution in [2.75, 3.05) is 32.1 Å². The van der Waals surface area contributed by atoms with Crippen LogP contribution in [0.1, 0.15) is 90.1 Å². The van der Waals surface area contributed by atoms with Crippen LogP contribution in [0.4, 0.5) is 5.69 Å². The highest BCUT2D eigenvalue weighted by Gasteiger charge is 2.50. The Morgan fingerprint density at radius 1 is 0.933 bits per heavy atom. The number of nitrogens with one attached hydrogen (secondary N) is 1. The average Bonchev–Trinajstić information content (AvgIpc) is 3.35. The van der Waals surface area contributed by atoms with Crippen molar-refractivity contribution in [3.05, 3.63) is 53.3 Å². The summed E-state index contributed by atoms with van der Waals surface area (Å²) in [5, 5.41) is 48.6. The lowest BCUT2D eigenvalue weighted by Gasteiger charge is -2.38. The minimum absolute atomic E-state index is 0.0446. The van der Waals surface area contributed by atoms with Gasteiger partial charge in [-0.2, -0.15) is 0 Å². The van der Waals surface area contributed by atoms with Crippen molar-refractivity contribution in [1.82, 2.24) is 4.90 Å². The number of phenolic OH excluding ortho intramolecular Hbond substituents is 2. The van der Waals surface area contributed by atoms with Crippen molar-refractivity contribution in [1.29, 1.82) is 0 Å². The van der Waals surface area contributed by atoms with Gasteiger partial charge in [0.15, 0.2) is 12.4 Å². The van der Waals surface area contributed by atoms with Crippen molar-refractivity contribution in [3.8, 4) is 23.0 Å². The summed E-state index contributed by atoms with van der Waals surface area (Å²) in [5.74, 6) is -7.83. The molecule has 5 bridgehead atoms. The van der Waals surface area contributed by atoms with Crippen LogP contribution in [0.2, 0.25) is 0 Å². The number of aliphatic hydroxyl groups is 2. The van der Waals surface area contributed by atoms with Crippen LogP contribution in [-0.4, -0.2) is 106 Å². The molecule has 15 heteroatoms. The predicted molar refractivity (Wildman–Crippen MR) is 223 cm³/mol. The molecule has 0 radical (unpaired) electrons. The maximum Gasteiger partial charge on any atom is 0.312 e. The largest absolute Gasteiger partial charge is 0.507 e. The molecule has 1 saturated heterocycles. The van der Waals surface area contributed by atoms with Crippen LogP contribution in [0.5, 0.6) is 23.0 Å². The number of amides is 2. The second-order valence-electron chi connectivity index (χ2n) is 16.5. The maximum atomic E-state index is 14.5. The summed E-state index contributed by atoms with van der Waals surface area (Å²) in [6.45, 7) is 13.3. The Bertz CT molecular complexity index is 2050. The molecule has 328 valence electrons. The van der Waals surface area contributed by atoms with Gasteiger partial charge in [-0.25, -0.2) is 0 Å². The number of ketones is 1. The van der Waals surface area contributed by atoms with Crippen LogP contribution in [-0.2, 0) is 28.6 Å². The molecule has 0 aliphatic carbocycles. The third-order valence-corrected chi connectivity index (χ3v) is 12.1. The number of aliphatic hydroxyl groups excluding tert-OH is 2. The van der Waals surface area contributed by atoms with E-state index >= 15 is 0 Å². The summed E-state index contributed by atoms with van der Waals surface area (Å²) in [4.78, 5) is 55.6. The number of allylic oxidation sites excluding steroid dienone is 2. The van der Waals surface area contributed by atoms with E-state index in [2.05, 4.69) is 5.32 Å². The highest BCUT2D eigenvalue weighted by atomic mass is 16.7. The number of Topliss-reactive ketones (excluding diaryl/α,β-unsaturated/α-hetero) is 1. The Hall–Kier alpha value is -5.12. The summed E-state index contributed by atoms with van der Waals surface area (Å²) in [7, 11) is 1.44. The van der Waals surface area contributed by atoms with E-state index in [4.69, 9.17) is 23.7 Å². The van der Waals surface area contributed by atoms with Crippen molar-refractivity contribution in [3.63, 3.8) is 0 Å². The van der Waals surface area contributed by atoms with Gasteiger partial charge in [-0.15, -0.1) is 0 Å². The Morgan fingerprint density at radius 3 is 2.23 bits per heavy atom. The molecule has 9 atom stereocenters. The number of carbonyl (C=O) groups excluding carboxylic acids is 4. The van der Waals surface area contributed by atoms with Crippen LogP contribution >= 0.6 is 0 Å². The van der Waals surface area contributed by atoms with Crippen LogP contribution in [0, 0.1) is 30.6 Å². The number of methoxy groups -OCH3 is 1. The first-order valence-electron chi connectivity index (χ1n) is 20.6. The fourth-order valence-corrected chi connectivity index (χ4v) is 8.30. The normalized spacial score (nSPS) is 31.3. The topological polar surface area (TPSA) is 211 Å². The molecule has 5 N–H and O–H groups in total. The molecular weight excluding hydrogens is 776 g/mol. The number of nitrogens with zero attached hydrogens (tertiary/aromatic N) is 1. The molecule has 0 aromatic heterocycles. The predicted octanol–water partition coefficient (Wildman–Crippen LogP) is 5.83. The lowest BCUT2D eigenvalue weighted by molar-refractivity contribution is -0.160. The van der Waals surface area contributed by atoms with E-state index in [9.17, 15) is 39.6 Å². The number of benzene rings is 2. The van der Waals surface area contributed by atoms with Gasteiger partial charge >= 0.3 is 11.8 Å². The standard InChI is InChI=1S/C45H60N2O13/c1-23-15-14-16-24(2)44(55)46-30-21-32(57-22-33(49)47-18-12-10-11-13-19-47)34-35(40(30)53)39(52)28(6)42-36(34)43(54)45(8,60-42)58-20-17-31(56-9)25(3)41(59-29(7)48)27(5)38(51)26(4)37(23)50/h14-17,20-21,23,25-27,31,37-38,41,50-53H,10-13,18-19,22H2,1-9H3,(H,46,55)/b15-14+,20-17+,24-16-. The highest BCUT2D eigenvalue weighted by Crippen LogP contribution is 2.54. The number of phenols is 2. The molecule has 9 unspecified atom stereocenters. The second kappa shape index (κ2) is 19.1. The van der Waals surface area contributed by atoms with E-state index in [1.54, 1.807) is 44.7 Å². The van der Waals surface area contributed by atoms with Gasteiger partial charge in [-0.1, -0.05) is 58.8 Å². The van der Waals surface area contributed by atoms with Gasteiger partial charge in [0.05, 0.1) is 41.2 Å². The summed E-state index contributed by atoms with van der Waals surface area (Å²) in [6, 6.07) is 1.29. The Labute approximate surface area is 351 Å². The fourth-order valence-electron chi connectivity index (χ4n) is 8.30. The van der Waals surface area contributed by atoms with Crippen LogP contribution in [0.25, 0.3) is 10.8 Å². The van der Waals surface area contributed by atoms with E-state index in [1.807, 2.05) is 0 Å². The SMILES string of the molecule is COC1/C=C/OC2(C)Oc3c(C)c(O)c4c(O)c(cc(OCC(=O)N5CCCCCC5)c4c3C2=O)NC(=O)/C(C)=C\C=C\C(C)C(O)C(C)C(O)C(C)C(OC(C)=O)C1C. The highest BCUT2D eigenvalue weighted by molar-refractivity contribution is 6.21. The van der Waals surface area contributed by atoms with Gasteiger partial charge in [0.1, 0.15) is 23.4 Å². The number of hydrogen-bond acceptors (Lipinski definition) is 13. The molecule has 2 amide bonds. The number of aromatic hydroxyl groups is 2. The molecule has 6 rings (SSSR count). The number of esters is 1. The summed E-state index contributed by atoms with van der Waals surface area (Å²) >= 11 is 0. The summed E-state index contributed by atoms with van der Waals surface area (Å²) in [5.41, 5.74) is 0.0423. The monoisotopic (exact) mass is 836 g/mol. The van der Waals surface area contributed by atoms with Crippen LogP contribution in [0.3, 0.4) is 0 Å². The molecular formula is C45H60N2O13. The molecule has 60 heavy (non-hydrogen) atoms. The van der Waals surface area contributed by atoms with E-state index in [1.165, 1.54) is 59.3 Å². The van der Waals surface area contributed by atoms with Crippen molar-refractivity contribution >= 4 is 40.0 Å². The fraction of sp³-hybridized carbons (Fsp3) is 0.556. The molecule has 4 aliphatic heterocycles. The molecule has 2 aromatic carbocycles. The smallest absolute Gasteiger partial charge is 0.312 e. The second-order valence-corrected chi connectivity index (χ2v) is 16.5. The number of anilines is 1. The van der Waals surface area contributed by atoms with Crippen molar-refractivity contribution in [2.45, 2.75) is 111 Å². The van der Waals surface area contributed by atoms with E-state index < -0.39 is 89.6 Å². The van der Waals surface area contributed by atoms with Gasteiger partial charge in [0.2, 0.25) is 0 Å². The molecule has 0 saturated carbocycles. The van der Waals surface area contributed by atoms with Gasteiger partial charge in [-0.3, -0.25) is 19.2 Å². The molecule has 15 nitrogen and oxygen atoms in total. The number of rotatable bonds is 5.